The summed E-state index contributed by atoms with van der Waals surface area (Å²) in [5.41, 5.74) is 22.9. The number of rotatable bonds is 6. The van der Waals surface area contributed by atoms with Crippen LogP contribution in [0.15, 0.2) is 192 Å². The molecule has 2 heterocycles. The Morgan fingerprint density at radius 2 is 1.64 bits per heavy atom. The van der Waals surface area contributed by atoms with Gasteiger partial charge in [0.1, 0.15) is 0 Å². The zero-order chi connectivity index (χ0) is 36.1. The number of nitrogens with zero attached hydrogens (tertiary/aromatic N) is 2. The Bertz CT molecular complexity index is 2380. The molecule has 0 unspecified atom stereocenters. The van der Waals surface area contributed by atoms with Crippen molar-refractivity contribution in [2.24, 2.45) is 5.73 Å². The number of aryl methyl sites for hydroxylation is 1. The Morgan fingerprint density at radius 1 is 0.774 bits per heavy atom. The fraction of sp³-hybridized carbons (Fsp3) is 0.160. The Balaban J connectivity index is 1.17. The van der Waals surface area contributed by atoms with Crippen LogP contribution < -0.4 is 5.73 Å². The second-order valence-electron chi connectivity index (χ2n) is 14.1. The minimum Gasteiger partial charge on any atom is -0.405 e. The van der Waals surface area contributed by atoms with Crippen molar-refractivity contribution in [3.05, 3.63) is 215 Å². The van der Waals surface area contributed by atoms with E-state index in [-0.39, 0.29) is 0 Å². The van der Waals surface area contributed by atoms with Crippen LogP contribution in [0.5, 0.6) is 0 Å². The van der Waals surface area contributed by atoms with Crippen molar-refractivity contribution in [2.45, 2.75) is 45.4 Å². The van der Waals surface area contributed by atoms with E-state index in [0.717, 1.165) is 61.9 Å². The first kappa shape index (κ1) is 34.0. The summed E-state index contributed by atoms with van der Waals surface area (Å²) in [6, 6.07) is 17.7. The minimum atomic E-state index is 0.749. The number of allylic oxidation sites excluding steroid dienone is 21. The van der Waals surface area contributed by atoms with Crippen molar-refractivity contribution in [3.8, 4) is 0 Å². The summed E-state index contributed by atoms with van der Waals surface area (Å²) in [7, 11) is 0. The highest BCUT2D eigenvalue weighted by Crippen LogP contribution is 2.38. The molecule has 3 heteroatoms. The zero-order valence-electron chi connectivity index (χ0n) is 30.6. The molecule has 1 aliphatic heterocycles. The van der Waals surface area contributed by atoms with Gasteiger partial charge < -0.3 is 15.2 Å². The summed E-state index contributed by atoms with van der Waals surface area (Å²) in [5, 5.41) is 1.22. The fourth-order valence-corrected chi connectivity index (χ4v) is 8.07. The van der Waals surface area contributed by atoms with Gasteiger partial charge in [-0.15, -0.1) is 0 Å². The predicted octanol–water partition coefficient (Wildman–Crippen LogP) is 12.2. The van der Waals surface area contributed by atoms with Crippen LogP contribution >= 0.6 is 0 Å². The molecule has 5 aliphatic rings. The van der Waals surface area contributed by atoms with Crippen molar-refractivity contribution in [1.29, 1.82) is 0 Å². The van der Waals surface area contributed by atoms with E-state index in [1.54, 1.807) is 6.20 Å². The lowest BCUT2D eigenvalue weighted by molar-refractivity contribution is 0.493. The molecule has 8 rings (SSSR count). The number of aromatic nitrogens is 1. The van der Waals surface area contributed by atoms with Gasteiger partial charge in [0.2, 0.25) is 0 Å². The average Bonchev–Trinajstić information content (AvgIpc) is 3.42. The monoisotopic (exact) mass is 689 g/mol. The topological polar surface area (TPSA) is 34.2 Å². The van der Waals surface area contributed by atoms with Crippen molar-refractivity contribution < 1.29 is 0 Å². The Hall–Kier alpha value is -6.06. The van der Waals surface area contributed by atoms with E-state index < -0.39 is 0 Å². The van der Waals surface area contributed by atoms with Gasteiger partial charge in [-0.2, -0.15) is 0 Å². The van der Waals surface area contributed by atoms with E-state index in [9.17, 15) is 0 Å². The van der Waals surface area contributed by atoms with E-state index in [4.69, 9.17) is 5.73 Å². The van der Waals surface area contributed by atoms with Gasteiger partial charge in [-0.25, -0.2) is 0 Å². The van der Waals surface area contributed by atoms with Crippen LogP contribution in [0, 0.1) is 6.92 Å². The molecule has 0 bridgehead atoms. The first-order valence-electron chi connectivity index (χ1n) is 19.0. The van der Waals surface area contributed by atoms with Crippen LogP contribution in [0.2, 0.25) is 0 Å². The maximum atomic E-state index is 6.07. The smallest absolute Gasteiger partial charge is 0.0534 e. The lowest BCUT2D eigenvalue weighted by Gasteiger charge is -2.31. The zero-order valence-corrected chi connectivity index (χ0v) is 30.6. The quantitative estimate of drug-likeness (QED) is 0.280. The second kappa shape index (κ2) is 15.3. The maximum absolute atomic E-state index is 6.07. The number of hydrogen-bond donors (Lipinski definition) is 1. The number of nitrogens with two attached hydrogens (primary N) is 1. The van der Waals surface area contributed by atoms with E-state index in [1.165, 1.54) is 67.0 Å². The van der Waals surface area contributed by atoms with Gasteiger partial charge in [0.25, 0.3) is 0 Å². The molecule has 0 amide bonds. The van der Waals surface area contributed by atoms with E-state index in [2.05, 4.69) is 169 Å². The molecule has 0 spiro atoms. The lowest BCUT2D eigenvalue weighted by Crippen LogP contribution is -2.24. The summed E-state index contributed by atoms with van der Waals surface area (Å²) in [5.74, 6) is 0. The summed E-state index contributed by atoms with van der Waals surface area (Å²) < 4.78 is 2.38. The molecule has 3 nitrogen and oxygen atoms in total. The van der Waals surface area contributed by atoms with Crippen LogP contribution in [-0.2, 0) is 0 Å². The molecule has 2 N–H and O–H groups in total. The van der Waals surface area contributed by atoms with Crippen LogP contribution in [0.4, 0.5) is 0 Å². The fourth-order valence-electron chi connectivity index (χ4n) is 8.07. The van der Waals surface area contributed by atoms with Gasteiger partial charge >= 0.3 is 0 Å². The maximum Gasteiger partial charge on any atom is 0.0534 e. The van der Waals surface area contributed by atoms with Crippen molar-refractivity contribution in [2.75, 3.05) is 6.54 Å². The predicted molar refractivity (Wildman–Crippen MR) is 227 cm³/mol. The summed E-state index contributed by atoms with van der Waals surface area (Å²) in [4.78, 5) is 2.46. The highest BCUT2D eigenvalue weighted by atomic mass is 15.1. The molecule has 2 aromatic carbocycles. The van der Waals surface area contributed by atoms with E-state index in [0.29, 0.717) is 0 Å². The molecule has 53 heavy (non-hydrogen) atoms. The van der Waals surface area contributed by atoms with Gasteiger partial charge in [0.15, 0.2) is 0 Å². The number of fused-ring (bicyclic) bond motifs is 2. The molecule has 0 radical (unpaired) electrons. The lowest BCUT2D eigenvalue weighted by atomic mass is 9.94. The van der Waals surface area contributed by atoms with E-state index in [1.807, 2.05) is 6.08 Å². The first-order valence-corrected chi connectivity index (χ1v) is 19.0. The van der Waals surface area contributed by atoms with Crippen LogP contribution in [0.25, 0.3) is 33.8 Å². The SMILES string of the molecule is C=C1/C=C(c2ccc3c(c2)c(C)c(/C=C\N)n3C2=CC=C(C3=CCCC=C3)C=CC2)\C=C/CN(C2=CCCC(c3ccccc3)=C2)C2=CC=CCC=C12. The van der Waals surface area contributed by atoms with Crippen molar-refractivity contribution in [3.63, 3.8) is 0 Å². The number of hydrogen-bond acceptors (Lipinski definition) is 2. The van der Waals surface area contributed by atoms with E-state index >= 15 is 0 Å². The molecule has 0 fully saturated rings. The van der Waals surface area contributed by atoms with Gasteiger partial charge in [0.05, 0.1) is 11.2 Å². The Morgan fingerprint density at radius 3 is 2.49 bits per heavy atom. The van der Waals surface area contributed by atoms with Crippen LogP contribution in [0.3, 0.4) is 0 Å². The second-order valence-corrected chi connectivity index (χ2v) is 14.1. The van der Waals surface area contributed by atoms with Crippen LogP contribution in [0.1, 0.15) is 60.9 Å². The number of benzene rings is 2. The van der Waals surface area contributed by atoms with Crippen molar-refractivity contribution >= 4 is 33.8 Å². The minimum absolute atomic E-state index is 0.749. The molecule has 4 aliphatic carbocycles. The largest absolute Gasteiger partial charge is 0.405 e. The van der Waals surface area contributed by atoms with Gasteiger partial charge in [-0.05, 0) is 132 Å². The Labute approximate surface area is 314 Å². The van der Waals surface area contributed by atoms with Crippen LogP contribution in [-0.4, -0.2) is 16.0 Å². The third-order valence-electron chi connectivity index (χ3n) is 10.8. The molecule has 0 saturated heterocycles. The molecule has 3 aromatic rings. The van der Waals surface area contributed by atoms with Gasteiger partial charge in [0, 0.05) is 41.0 Å². The third-order valence-corrected chi connectivity index (χ3v) is 10.8. The third kappa shape index (κ3) is 6.95. The molecule has 0 atom stereocenters. The highest BCUT2D eigenvalue weighted by Gasteiger charge is 2.22. The molecule has 0 saturated carbocycles. The summed E-state index contributed by atoms with van der Waals surface area (Å²) in [6.45, 7) is 7.63. The van der Waals surface area contributed by atoms with Gasteiger partial charge in [-0.1, -0.05) is 116 Å². The molecular weight excluding hydrogens is 643 g/mol. The van der Waals surface area contributed by atoms with Crippen molar-refractivity contribution in [1.82, 2.24) is 9.47 Å². The molecule has 1 aromatic heterocycles. The molecule has 262 valence electrons. The average molecular weight is 690 g/mol. The normalized spacial score (nSPS) is 20.7. The Kier molecular flexibility index (Phi) is 9.81. The summed E-state index contributed by atoms with van der Waals surface area (Å²) in [6.07, 6.45) is 46.2. The highest BCUT2D eigenvalue weighted by molar-refractivity contribution is 5.95. The van der Waals surface area contributed by atoms with Gasteiger partial charge in [-0.3, -0.25) is 0 Å². The standard InChI is InChI=1S/C50H47N3/c1-36-33-41(21-14-32-52(49-25-11-5-10-24-46(36)49)45-23-13-20-42(34-45)39-17-8-4-9-18-39)43-27-29-50-47(35-43)37(2)48(30-31-51)53(50)44-22-12-19-40(26-28-44)38-15-6-3-7-16-38/h4-6,8-9,11-12,14-19,21,23-31,33-35H,1,3,7,10,13,20,22,32,51H2,2H3/b21-14-,31-30-,41-33+. The summed E-state index contributed by atoms with van der Waals surface area (Å²) >= 11 is 0. The molecular formula is C50H47N3. The first-order chi connectivity index (χ1) is 26.1.